The van der Waals surface area contributed by atoms with Gasteiger partial charge in [-0.3, -0.25) is 9.89 Å². The van der Waals surface area contributed by atoms with Crippen molar-refractivity contribution in [3.05, 3.63) is 23.0 Å². The molecule has 3 unspecified atom stereocenters. The Bertz CT molecular complexity index is 632. The maximum absolute atomic E-state index is 12.0. The van der Waals surface area contributed by atoms with Gasteiger partial charge in [0.25, 0.3) is 0 Å². The van der Waals surface area contributed by atoms with Gasteiger partial charge in [-0.25, -0.2) is 0 Å². The highest BCUT2D eigenvalue weighted by molar-refractivity contribution is 5.76. The smallest absolute Gasteiger partial charge is 0.309 e. The molecule has 0 aromatic carbocycles. The van der Waals surface area contributed by atoms with Crippen LogP contribution >= 0.6 is 0 Å². The summed E-state index contributed by atoms with van der Waals surface area (Å²) in [6, 6.07) is 0. The largest absolute Gasteiger partial charge is 0.466 e. The number of aromatic amines is 1. The Morgan fingerprint density at radius 1 is 1.48 bits per heavy atom. The van der Waals surface area contributed by atoms with Crippen LogP contribution in [-0.2, 0) is 27.2 Å². The van der Waals surface area contributed by atoms with Crippen molar-refractivity contribution < 1.29 is 14.3 Å². The normalized spacial score (nSPS) is 27.0. The topological polar surface area (TPSA) is 72.0 Å². The van der Waals surface area contributed by atoms with E-state index in [1.807, 2.05) is 6.92 Å². The van der Waals surface area contributed by atoms with Crippen molar-refractivity contribution in [1.82, 2.24) is 10.2 Å². The molecule has 0 aliphatic heterocycles. The predicted octanol–water partition coefficient (Wildman–Crippen LogP) is 2.71. The van der Waals surface area contributed by atoms with Gasteiger partial charge in [-0.15, -0.1) is 0 Å². The van der Waals surface area contributed by atoms with Gasteiger partial charge in [0.05, 0.1) is 18.2 Å². The number of rotatable bonds is 4. The molecule has 3 rings (SSSR count). The van der Waals surface area contributed by atoms with Crippen LogP contribution in [0, 0.1) is 17.8 Å². The SMILES string of the molecule is CCOC(=O)C1CC=C(c2n[nH]c3c2CCC(C=O)C3)CC1C. The summed E-state index contributed by atoms with van der Waals surface area (Å²) in [5, 5.41) is 7.62. The summed E-state index contributed by atoms with van der Waals surface area (Å²) < 4.78 is 5.17. The average Bonchev–Trinajstić information content (AvgIpc) is 2.97. The van der Waals surface area contributed by atoms with E-state index >= 15 is 0 Å². The molecular weight excluding hydrogens is 292 g/mol. The van der Waals surface area contributed by atoms with Gasteiger partial charge in [-0.05, 0) is 50.5 Å². The van der Waals surface area contributed by atoms with E-state index in [1.54, 1.807) is 0 Å². The van der Waals surface area contributed by atoms with E-state index in [0.29, 0.717) is 13.0 Å². The van der Waals surface area contributed by atoms with E-state index in [4.69, 9.17) is 4.74 Å². The van der Waals surface area contributed by atoms with Crippen LogP contribution in [0.5, 0.6) is 0 Å². The third-order valence-corrected chi connectivity index (χ3v) is 5.12. The van der Waals surface area contributed by atoms with Crippen LogP contribution in [0.3, 0.4) is 0 Å². The number of H-pyrrole nitrogens is 1. The Morgan fingerprint density at radius 3 is 3.00 bits per heavy atom. The number of carbonyl (C=O) groups is 2. The van der Waals surface area contributed by atoms with E-state index in [9.17, 15) is 9.59 Å². The van der Waals surface area contributed by atoms with Crippen molar-refractivity contribution in [3.8, 4) is 0 Å². The minimum Gasteiger partial charge on any atom is -0.466 e. The monoisotopic (exact) mass is 316 g/mol. The number of hydrogen-bond acceptors (Lipinski definition) is 4. The van der Waals surface area contributed by atoms with Crippen LogP contribution in [0.15, 0.2) is 6.08 Å². The fourth-order valence-corrected chi connectivity index (χ4v) is 3.76. The molecular formula is C18H24N2O3. The van der Waals surface area contributed by atoms with Crippen molar-refractivity contribution in [2.45, 2.75) is 46.0 Å². The van der Waals surface area contributed by atoms with E-state index in [-0.39, 0.29) is 23.7 Å². The summed E-state index contributed by atoms with van der Waals surface area (Å²) in [5.41, 5.74) is 4.62. The van der Waals surface area contributed by atoms with Gasteiger partial charge >= 0.3 is 5.97 Å². The molecule has 2 aliphatic rings. The quantitative estimate of drug-likeness (QED) is 0.685. The Balaban J connectivity index is 1.78. The number of nitrogens with one attached hydrogen (secondary N) is 1. The second-order valence-electron chi connectivity index (χ2n) is 6.67. The number of aldehydes is 1. The maximum atomic E-state index is 12.0. The third kappa shape index (κ3) is 3.09. The van der Waals surface area contributed by atoms with Crippen molar-refractivity contribution in [3.63, 3.8) is 0 Å². The fraction of sp³-hybridized carbons (Fsp3) is 0.611. The lowest BCUT2D eigenvalue weighted by Gasteiger charge is -2.27. The van der Waals surface area contributed by atoms with Gasteiger partial charge in [0.1, 0.15) is 6.29 Å². The molecule has 23 heavy (non-hydrogen) atoms. The van der Waals surface area contributed by atoms with Crippen LogP contribution in [0.4, 0.5) is 0 Å². The second-order valence-corrected chi connectivity index (χ2v) is 6.67. The lowest BCUT2D eigenvalue weighted by atomic mass is 9.78. The highest BCUT2D eigenvalue weighted by Gasteiger charge is 2.32. The molecule has 5 nitrogen and oxygen atoms in total. The number of carbonyl (C=O) groups excluding carboxylic acids is 2. The molecule has 0 fully saturated rings. The Kier molecular flexibility index (Phi) is 4.64. The summed E-state index contributed by atoms with van der Waals surface area (Å²) in [6.45, 7) is 4.38. The number of fused-ring (bicyclic) bond motifs is 1. The van der Waals surface area contributed by atoms with Crippen LogP contribution < -0.4 is 0 Å². The second kappa shape index (κ2) is 6.69. The maximum Gasteiger partial charge on any atom is 0.309 e. The molecule has 0 bridgehead atoms. The fourth-order valence-electron chi connectivity index (χ4n) is 3.76. The summed E-state index contributed by atoms with van der Waals surface area (Å²) in [5.74, 6) is 0.233. The zero-order valence-corrected chi connectivity index (χ0v) is 13.8. The molecule has 5 heteroatoms. The number of nitrogens with zero attached hydrogens (tertiary/aromatic N) is 1. The van der Waals surface area contributed by atoms with Crippen molar-refractivity contribution in [2.24, 2.45) is 17.8 Å². The first-order chi connectivity index (χ1) is 11.1. The molecule has 124 valence electrons. The van der Waals surface area contributed by atoms with Gasteiger partial charge in [-0.2, -0.15) is 5.10 Å². The number of allylic oxidation sites excluding steroid dienone is 2. The first-order valence-corrected chi connectivity index (χ1v) is 8.51. The highest BCUT2D eigenvalue weighted by atomic mass is 16.5. The van der Waals surface area contributed by atoms with Crippen LogP contribution in [-0.4, -0.2) is 29.1 Å². The summed E-state index contributed by atoms with van der Waals surface area (Å²) in [6.07, 6.45) is 7.32. The summed E-state index contributed by atoms with van der Waals surface area (Å²) in [7, 11) is 0. The molecule has 1 N–H and O–H groups in total. The van der Waals surface area contributed by atoms with Crippen LogP contribution in [0.1, 0.15) is 50.1 Å². The lowest BCUT2D eigenvalue weighted by molar-refractivity contribution is -0.149. The number of esters is 1. The summed E-state index contributed by atoms with van der Waals surface area (Å²) in [4.78, 5) is 23.0. The van der Waals surface area contributed by atoms with Crippen molar-refractivity contribution in [1.29, 1.82) is 0 Å². The third-order valence-electron chi connectivity index (χ3n) is 5.12. The number of hydrogen-bond donors (Lipinski definition) is 1. The molecule has 0 radical (unpaired) electrons. The first kappa shape index (κ1) is 16.0. The number of ether oxygens (including phenoxy) is 1. The van der Waals surface area contributed by atoms with Gasteiger partial charge in [0.15, 0.2) is 0 Å². The molecule has 0 spiro atoms. The molecule has 0 amide bonds. The molecule has 2 aliphatic carbocycles. The van der Waals surface area contributed by atoms with E-state index in [0.717, 1.165) is 43.4 Å². The summed E-state index contributed by atoms with van der Waals surface area (Å²) >= 11 is 0. The van der Waals surface area contributed by atoms with Gasteiger partial charge in [0.2, 0.25) is 0 Å². The average molecular weight is 316 g/mol. The van der Waals surface area contributed by atoms with E-state index in [2.05, 4.69) is 23.2 Å². The molecule has 3 atom stereocenters. The van der Waals surface area contributed by atoms with Gasteiger partial charge in [0, 0.05) is 17.2 Å². The van der Waals surface area contributed by atoms with Crippen molar-refractivity contribution in [2.75, 3.05) is 6.61 Å². The first-order valence-electron chi connectivity index (χ1n) is 8.51. The van der Waals surface area contributed by atoms with E-state index < -0.39 is 0 Å². The molecule has 1 heterocycles. The Hall–Kier alpha value is -1.91. The zero-order valence-electron chi connectivity index (χ0n) is 13.8. The van der Waals surface area contributed by atoms with Crippen molar-refractivity contribution >= 4 is 17.8 Å². The van der Waals surface area contributed by atoms with Crippen LogP contribution in [0.2, 0.25) is 0 Å². The predicted molar refractivity (Wildman–Crippen MR) is 86.7 cm³/mol. The molecule has 0 saturated heterocycles. The molecule has 0 saturated carbocycles. The van der Waals surface area contributed by atoms with E-state index in [1.165, 1.54) is 11.1 Å². The lowest BCUT2D eigenvalue weighted by Crippen LogP contribution is -2.26. The molecule has 1 aromatic rings. The van der Waals surface area contributed by atoms with Crippen LogP contribution in [0.25, 0.3) is 5.57 Å². The Morgan fingerprint density at radius 2 is 2.30 bits per heavy atom. The van der Waals surface area contributed by atoms with Gasteiger partial charge < -0.3 is 9.53 Å². The van der Waals surface area contributed by atoms with Gasteiger partial charge in [-0.1, -0.05) is 13.0 Å². The number of aromatic nitrogens is 2. The molecule has 1 aromatic heterocycles. The standard InChI is InChI=1S/C18H24N2O3/c1-3-23-18(22)14-7-5-13(8-11(14)2)17-15-6-4-12(10-21)9-16(15)19-20-17/h5,10-12,14H,3-4,6-9H2,1-2H3,(H,19,20). The Labute approximate surface area is 136 Å². The minimum atomic E-state index is -0.0896. The zero-order chi connectivity index (χ0) is 16.4. The highest BCUT2D eigenvalue weighted by Crippen LogP contribution is 2.38. The minimum absolute atomic E-state index is 0.0482.